The highest BCUT2D eigenvalue weighted by molar-refractivity contribution is 6.22. The van der Waals surface area contributed by atoms with E-state index in [1.165, 1.54) is 4.90 Å². The number of imide groups is 1. The Hall–Kier alpha value is -4.65. The fourth-order valence-electron chi connectivity index (χ4n) is 6.31. The summed E-state index contributed by atoms with van der Waals surface area (Å²) in [5.41, 5.74) is 5.18. The Bertz CT molecular complexity index is 1760. The lowest BCUT2D eigenvalue weighted by atomic mass is 9.76. The number of ketones is 1. The Kier molecular flexibility index (Phi) is 7.42. The fraction of sp³-hybridized carbons (Fsp3) is 0.306. The highest BCUT2D eigenvalue weighted by atomic mass is 16.5. The van der Waals surface area contributed by atoms with E-state index in [2.05, 4.69) is 6.92 Å². The predicted molar refractivity (Wildman–Crippen MR) is 165 cm³/mol. The first-order chi connectivity index (χ1) is 20.6. The lowest BCUT2D eigenvalue weighted by molar-refractivity contribution is -0.122. The van der Waals surface area contributed by atoms with Crippen molar-refractivity contribution in [1.29, 1.82) is 0 Å². The molecule has 4 atom stereocenters. The number of nitrogens with zero attached hydrogens (tertiary/aromatic N) is 2. The van der Waals surface area contributed by atoms with Gasteiger partial charge in [0.1, 0.15) is 0 Å². The molecule has 2 amide bonds. The summed E-state index contributed by atoms with van der Waals surface area (Å²) in [5.74, 6) is -1.17. The van der Waals surface area contributed by atoms with Crippen LogP contribution < -0.4 is 4.90 Å². The maximum atomic E-state index is 13.5. The molecule has 6 rings (SSSR count). The van der Waals surface area contributed by atoms with E-state index in [9.17, 15) is 19.2 Å². The molecule has 1 aliphatic carbocycles. The highest BCUT2D eigenvalue weighted by Gasteiger charge is 2.49. The third-order valence-electron chi connectivity index (χ3n) is 8.78. The first kappa shape index (κ1) is 28.5. The van der Waals surface area contributed by atoms with Crippen molar-refractivity contribution in [2.24, 2.45) is 17.8 Å². The SMILES string of the molecule is Cc1ccc(C(=O)[C@H](C)OC(=O)c2cc(-c3ccc(N4C(=O)[C@@H]5CC[C@@H](C)C[C@H]5C4=O)cc3)nc3ccc(C)cc23)cc1. The first-order valence-electron chi connectivity index (χ1n) is 14.8. The van der Waals surface area contributed by atoms with Gasteiger partial charge < -0.3 is 4.74 Å². The number of Topliss-reactive ketones (excluding diaryl/α,β-unsaturated/α-hetero) is 1. The molecule has 0 bridgehead atoms. The number of rotatable bonds is 6. The second kappa shape index (κ2) is 11.2. The predicted octanol–water partition coefficient (Wildman–Crippen LogP) is 6.87. The molecule has 0 spiro atoms. The van der Waals surface area contributed by atoms with Crippen molar-refractivity contribution in [2.45, 2.75) is 53.1 Å². The van der Waals surface area contributed by atoms with Crippen LogP contribution in [0.25, 0.3) is 22.2 Å². The van der Waals surface area contributed by atoms with Gasteiger partial charge >= 0.3 is 5.97 Å². The van der Waals surface area contributed by atoms with Gasteiger partial charge in [0.2, 0.25) is 17.6 Å². The van der Waals surface area contributed by atoms with Gasteiger partial charge in [0.25, 0.3) is 0 Å². The molecule has 218 valence electrons. The number of anilines is 1. The molecule has 2 fully saturated rings. The van der Waals surface area contributed by atoms with Crippen molar-refractivity contribution in [1.82, 2.24) is 4.98 Å². The molecule has 4 aromatic rings. The summed E-state index contributed by atoms with van der Waals surface area (Å²) in [6.07, 6.45) is 1.48. The average molecular weight is 575 g/mol. The number of ether oxygens (including phenoxy) is 1. The quantitative estimate of drug-likeness (QED) is 0.142. The van der Waals surface area contributed by atoms with E-state index < -0.39 is 12.1 Å². The molecule has 2 aliphatic rings. The highest BCUT2D eigenvalue weighted by Crippen LogP contribution is 2.42. The summed E-state index contributed by atoms with van der Waals surface area (Å²) in [5, 5.41) is 0.630. The van der Waals surface area contributed by atoms with Crippen LogP contribution in [-0.2, 0) is 14.3 Å². The summed E-state index contributed by atoms with van der Waals surface area (Å²) >= 11 is 0. The van der Waals surface area contributed by atoms with Crippen molar-refractivity contribution in [3.63, 3.8) is 0 Å². The normalized spacial score (nSPS) is 20.7. The smallest absolute Gasteiger partial charge is 0.339 e. The van der Waals surface area contributed by atoms with Crippen molar-refractivity contribution in [3.8, 4) is 11.3 Å². The lowest BCUT2D eigenvalue weighted by Gasteiger charge is -2.25. The standard InChI is InChI=1S/C36H34N2O5/c1-20-5-9-25(10-6-20)33(39)23(4)43-36(42)30-19-32(37-31-16-8-22(3)17-28(30)31)24-11-13-26(14-12-24)38-34(40)27-15-7-21(2)18-29(27)35(38)41/h5-6,8-14,16-17,19,21,23,27,29H,7,15,18H2,1-4H3/t21-,23+,27-,29-/m1/s1. The third kappa shape index (κ3) is 5.36. The Morgan fingerprint density at radius 2 is 1.53 bits per heavy atom. The number of fused-ring (bicyclic) bond motifs is 2. The van der Waals surface area contributed by atoms with Crippen molar-refractivity contribution in [3.05, 3.63) is 95.1 Å². The fourth-order valence-corrected chi connectivity index (χ4v) is 6.31. The second-order valence-corrected chi connectivity index (χ2v) is 12.0. The van der Waals surface area contributed by atoms with E-state index in [0.29, 0.717) is 44.9 Å². The first-order valence-corrected chi connectivity index (χ1v) is 14.8. The number of aromatic nitrogens is 1. The van der Waals surface area contributed by atoms with Crippen LogP contribution in [0.2, 0.25) is 0 Å². The number of hydrogen-bond donors (Lipinski definition) is 0. The summed E-state index contributed by atoms with van der Waals surface area (Å²) in [7, 11) is 0. The third-order valence-corrected chi connectivity index (χ3v) is 8.78. The number of carbonyl (C=O) groups is 4. The largest absolute Gasteiger partial charge is 0.451 e. The van der Waals surface area contributed by atoms with E-state index >= 15 is 0 Å². The van der Waals surface area contributed by atoms with Gasteiger partial charge in [-0.25, -0.2) is 9.78 Å². The molecule has 7 nitrogen and oxygen atoms in total. The molecule has 7 heteroatoms. The molecule has 1 saturated heterocycles. The summed E-state index contributed by atoms with van der Waals surface area (Å²) in [6, 6.07) is 21.6. The minimum atomic E-state index is -0.979. The number of aryl methyl sites for hydroxylation is 2. The molecule has 0 N–H and O–H groups in total. The van der Waals surface area contributed by atoms with Gasteiger partial charge in [-0.15, -0.1) is 0 Å². The number of benzene rings is 3. The molecule has 0 unspecified atom stereocenters. The van der Waals surface area contributed by atoms with E-state index in [4.69, 9.17) is 9.72 Å². The molecule has 43 heavy (non-hydrogen) atoms. The molecular formula is C36H34N2O5. The van der Waals surface area contributed by atoms with E-state index in [1.807, 2.05) is 56.3 Å². The minimum absolute atomic E-state index is 0.117. The number of esters is 1. The van der Waals surface area contributed by atoms with Gasteiger partial charge in [0.15, 0.2) is 6.10 Å². The van der Waals surface area contributed by atoms with E-state index in [1.54, 1.807) is 37.3 Å². The molecule has 0 radical (unpaired) electrons. The van der Waals surface area contributed by atoms with Crippen molar-refractivity contribution < 1.29 is 23.9 Å². The Balaban J connectivity index is 1.29. The van der Waals surface area contributed by atoms with Gasteiger partial charge in [-0.2, -0.15) is 0 Å². The number of hydrogen-bond acceptors (Lipinski definition) is 6. The van der Waals surface area contributed by atoms with Gasteiger partial charge in [-0.3, -0.25) is 19.3 Å². The maximum Gasteiger partial charge on any atom is 0.339 e. The molecule has 1 aliphatic heterocycles. The van der Waals surface area contributed by atoms with Crippen LogP contribution in [0.5, 0.6) is 0 Å². The van der Waals surface area contributed by atoms with Crippen LogP contribution in [0.15, 0.2) is 72.8 Å². The van der Waals surface area contributed by atoms with Gasteiger partial charge in [0, 0.05) is 16.5 Å². The minimum Gasteiger partial charge on any atom is -0.451 e. The monoisotopic (exact) mass is 574 g/mol. The summed E-state index contributed by atoms with van der Waals surface area (Å²) < 4.78 is 5.69. The van der Waals surface area contributed by atoms with Crippen LogP contribution >= 0.6 is 0 Å². The Morgan fingerprint density at radius 3 is 2.26 bits per heavy atom. The van der Waals surface area contributed by atoms with Crippen LogP contribution in [0, 0.1) is 31.6 Å². The summed E-state index contributed by atoms with van der Waals surface area (Å²) in [6.45, 7) is 7.58. The number of pyridine rings is 1. The molecule has 2 heterocycles. The van der Waals surface area contributed by atoms with Crippen molar-refractivity contribution in [2.75, 3.05) is 4.90 Å². The van der Waals surface area contributed by atoms with Crippen LogP contribution in [0.4, 0.5) is 5.69 Å². The van der Waals surface area contributed by atoms with Gasteiger partial charge in [-0.1, -0.05) is 60.5 Å². The van der Waals surface area contributed by atoms with Gasteiger partial charge in [0.05, 0.1) is 34.3 Å². The van der Waals surface area contributed by atoms with Gasteiger partial charge in [-0.05, 0) is 76.3 Å². The topological polar surface area (TPSA) is 93.6 Å². The number of amides is 2. The molecular weight excluding hydrogens is 540 g/mol. The zero-order valence-electron chi connectivity index (χ0n) is 24.8. The van der Waals surface area contributed by atoms with E-state index in [0.717, 1.165) is 30.4 Å². The maximum absolute atomic E-state index is 13.5. The Labute approximate surface area is 250 Å². The summed E-state index contributed by atoms with van der Waals surface area (Å²) in [4.78, 5) is 59.0. The second-order valence-electron chi connectivity index (χ2n) is 12.0. The zero-order chi connectivity index (χ0) is 30.4. The molecule has 3 aromatic carbocycles. The van der Waals surface area contributed by atoms with Crippen molar-refractivity contribution >= 4 is 40.2 Å². The molecule has 1 saturated carbocycles. The van der Waals surface area contributed by atoms with E-state index in [-0.39, 0.29) is 29.4 Å². The van der Waals surface area contributed by atoms with Crippen LogP contribution in [0.1, 0.15) is 65.0 Å². The zero-order valence-corrected chi connectivity index (χ0v) is 24.8. The molecule has 1 aromatic heterocycles. The Morgan fingerprint density at radius 1 is 0.860 bits per heavy atom. The van der Waals surface area contributed by atoms with Crippen LogP contribution in [0.3, 0.4) is 0 Å². The lowest BCUT2D eigenvalue weighted by Crippen LogP contribution is -2.30. The average Bonchev–Trinajstić information content (AvgIpc) is 3.25. The number of carbonyl (C=O) groups excluding carboxylic acids is 4. The van der Waals surface area contributed by atoms with Crippen LogP contribution in [-0.4, -0.2) is 34.7 Å².